The molecule has 24 heavy (non-hydrogen) atoms. The quantitative estimate of drug-likeness (QED) is 0.861. The fraction of sp³-hybridized carbons (Fsp3) is 0.294. The number of carbonyl (C=O) groups excluding carboxylic acids is 2. The summed E-state index contributed by atoms with van der Waals surface area (Å²) < 4.78 is 0. The molecule has 2 heterocycles. The van der Waals surface area contributed by atoms with Crippen molar-refractivity contribution in [1.29, 1.82) is 0 Å². The summed E-state index contributed by atoms with van der Waals surface area (Å²) in [5.74, 6) is 0.242. The lowest BCUT2D eigenvalue weighted by Crippen LogP contribution is -2.48. The normalized spacial score (nSPS) is 14.4. The molecule has 0 unspecified atom stereocenters. The SMILES string of the molecule is Cc1ccc(Nc2nccc(C(=O)N3CCN(C=O)CC3)n2)cc1. The fourth-order valence-corrected chi connectivity index (χ4v) is 2.50. The second-order valence-electron chi connectivity index (χ2n) is 5.69. The first-order valence-electron chi connectivity index (χ1n) is 7.81. The lowest BCUT2D eigenvalue weighted by Gasteiger charge is -2.32. The minimum atomic E-state index is -0.144. The van der Waals surface area contributed by atoms with Crippen molar-refractivity contribution >= 4 is 24.0 Å². The van der Waals surface area contributed by atoms with Crippen LogP contribution >= 0.6 is 0 Å². The third-order valence-corrected chi connectivity index (χ3v) is 3.93. The standard InChI is InChI=1S/C17H19N5O2/c1-13-2-4-14(5-3-13)19-17-18-7-6-15(20-17)16(24)22-10-8-21(12-23)9-11-22/h2-7,12H,8-11H2,1H3,(H,18,19,20). The Kier molecular flexibility index (Phi) is 4.69. The van der Waals surface area contributed by atoms with Gasteiger partial charge in [-0.2, -0.15) is 0 Å². The Morgan fingerprint density at radius 2 is 1.83 bits per heavy atom. The number of rotatable bonds is 4. The van der Waals surface area contributed by atoms with Gasteiger partial charge >= 0.3 is 0 Å². The molecule has 1 saturated heterocycles. The summed E-state index contributed by atoms with van der Waals surface area (Å²) in [7, 11) is 0. The van der Waals surface area contributed by atoms with Gasteiger partial charge in [-0.15, -0.1) is 0 Å². The Morgan fingerprint density at radius 3 is 2.50 bits per heavy atom. The number of hydrogen-bond donors (Lipinski definition) is 1. The van der Waals surface area contributed by atoms with Crippen LogP contribution in [-0.2, 0) is 4.79 Å². The van der Waals surface area contributed by atoms with Crippen LogP contribution in [0.3, 0.4) is 0 Å². The van der Waals surface area contributed by atoms with E-state index in [0.29, 0.717) is 37.8 Å². The van der Waals surface area contributed by atoms with Crippen molar-refractivity contribution in [2.24, 2.45) is 0 Å². The average molecular weight is 325 g/mol. The molecule has 0 spiro atoms. The fourth-order valence-electron chi connectivity index (χ4n) is 2.50. The first-order valence-corrected chi connectivity index (χ1v) is 7.81. The van der Waals surface area contributed by atoms with Crippen LogP contribution in [-0.4, -0.2) is 58.3 Å². The van der Waals surface area contributed by atoms with Crippen molar-refractivity contribution in [2.75, 3.05) is 31.5 Å². The highest BCUT2D eigenvalue weighted by atomic mass is 16.2. The lowest BCUT2D eigenvalue weighted by molar-refractivity contribution is -0.119. The van der Waals surface area contributed by atoms with Gasteiger partial charge in [0.25, 0.3) is 5.91 Å². The van der Waals surface area contributed by atoms with Gasteiger partial charge in [0.05, 0.1) is 0 Å². The molecule has 0 atom stereocenters. The third kappa shape index (κ3) is 3.68. The van der Waals surface area contributed by atoms with E-state index in [-0.39, 0.29) is 5.91 Å². The molecule has 3 rings (SSSR count). The minimum Gasteiger partial charge on any atom is -0.342 e. The molecule has 1 aliphatic rings. The maximum absolute atomic E-state index is 12.5. The van der Waals surface area contributed by atoms with Crippen molar-refractivity contribution < 1.29 is 9.59 Å². The van der Waals surface area contributed by atoms with Gasteiger partial charge in [-0.1, -0.05) is 17.7 Å². The second-order valence-corrected chi connectivity index (χ2v) is 5.69. The summed E-state index contributed by atoms with van der Waals surface area (Å²) in [6.07, 6.45) is 2.38. The first kappa shape index (κ1) is 15.9. The molecule has 1 aromatic heterocycles. The summed E-state index contributed by atoms with van der Waals surface area (Å²) in [5.41, 5.74) is 2.38. The number of piperazine rings is 1. The van der Waals surface area contributed by atoms with E-state index in [2.05, 4.69) is 15.3 Å². The molecular formula is C17H19N5O2. The molecular weight excluding hydrogens is 306 g/mol. The smallest absolute Gasteiger partial charge is 0.272 e. The topological polar surface area (TPSA) is 78.4 Å². The summed E-state index contributed by atoms with van der Waals surface area (Å²) in [6, 6.07) is 9.46. The van der Waals surface area contributed by atoms with Gasteiger partial charge in [0, 0.05) is 38.1 Å². The van der Waals surface area contributed by atoms with Crippen LogP contribution in [0.4, 0.5) is 11.6 Å². The van der Waals surface area contributed by atoms with Gasteiger partial charge in [-0.05, 0) is 25.1 Å². The number of carbonyl (C=O) groups is 2. The average Bonchev–Trinajstić information content (AvgIpc) is 2.63. The molecule has 7 heteroatoms. The van der Waals surface area contributed by atoms with Crippen LogP contribution in [0.5, 0.6) is 0 Å². The Labute approximate surface area is 140 Å². The maximum Gasteiger partial charge on any atom is 0.272 e. The molecule has 1 fully saturated rings. The van der Waals surface area contributed by atoms with E-state index in [1.165, 1.54) is 5.56 Å². The van der Waals surface area contributed by atoms with E-state index >= 15 is 0 Å². The molecule has 0 saturated carbocycles. The van der Waals surface area contributed by atoms with Crippen LogP contribution in [0, 0.1) is 6.92 Å². The van der Waals surface area contributed by atoms with Gasteiger partial charge in [-0.3, -0.25) is 9.59 Å². The summed E-state index contributed by atoms with van der Waals surface area (Å²) in [5, 5.41) is 3.10. The van der Waals surface area contributed by atoms with E-state index in [1.54, 1.807) is 22.1 Å². The number of aromatic nitrogens is 2. The van der Waals surface area contributed by atoms with Crippen LogP contribution in [0.25, 0.3) is 0 Å². The van der Waals surface area contributed by atoms with E-state index in [9.17, 15) is 9.59 Å². The van der Waals surface area contributed by atoms with E-state index < -0.39 is 0 Å². The highest BCUT2D eigenvalue weighted by molar-refractivity contribution is 5.92. The Balaban J connectivity index is 1.69. The molecule has 2 amide bonds. The number of anilines is 2. The van der Waals surface area contributed by atoms with E-state index in [0.717, 1.165) is 12.1 Å². The Hall–Kier alpha value is -2.96. The number of hydrogen-bond acceptors (Lipinski definition) is 5. The van der Waals surface area contributed by atoms with Crippen molar-refractivity contribution in [3.05, 3.63) is 47.8 Å². The predicted octanol–water partition coefficient (Wildman–Crippen LogP) is 1.44. The summed E-state index contributed by atoms with van der Waals surface area (Å²) in [4.78, 5) is 35.1. The van der Waals surface area contributed by atoms with Crippen molar-refractivity contribution in [3.63, 3.8) is 0 Å². The van der Waals surface area contributed by atoms with Gasteiger partial charge < -0.3 is 15.1 Å². The second kappa shape index (κ2) is 7.08. The van der Waals surface area contributed by atoms with Crippen molar-refractivity contribution in [3.8, 4) is 0 Å². The Bertz CT molecular complexity index is 724. The van der Waals surface area contributed by atoms with Crippen molar-refractivity contribution in [2.45, 2.75) is 6.92 Å². The third-order valence-electron chi connectivity index (χ3n) is 3.93. The Morgan fingerprint density at radius 1 is 1.12 bits per heavy atom. The highest BCUT2D eigenvalue weighted by Gasteiger charge is 2.22. The number of aryl methyl sites for hydroxylation is 1. The molecule has 0 bridgehead atoms. The first-order chi connectivity index (χ1) is 11.7. The van der Waals surface area contributed by atoms with Crippen LogP contribution in [0.15, 0.2) is 36.5 Å². The molecule has 0 radical (unpaired) electrons. The molecule has 7 nitrogen and oxygen atoms in total. The highest BCUT2D eigenvalue weighted by Crippen LogP contribution is 2.14. The number of nitrogens with one attached hydrogen (secondary N) is 1. The molecule has 0 aliphatic carbocycles. The van der Waals surface area contributed by atoms with Gasteiger partial charge in [0.15, 0.2) is 0 Å². The molecule has 1 aliphatic heterocycles. The number of benzene rings is 1. The van der Waals surface area contributed by atoms with Crippen LogP contribution < -0.4 is 5.32 Å². The zero-order valence-corrected chi connectivity index (χ0v) is 13.5. The lowest BCUT2D eigenvalue weighted by atomic mass is 10.2. The predicted molar refractivity (Wildman–Crippen MR) is 90.0 cm³/mol. The largest absolute Gasteiger partial charge is 0.342 e. The summed E-state index contributed by atoms with van der Waals surface area (Å²) in [6.45, 7) is 4.15. The maximum atomic E-state index is 12.5. The molecule has 1 aromatic carbocycles. The van der Waals surface area contributed by atoms with E-state index in [4.69, 9.17) is 0 Å². The zero-order valence-electron chi connectivity index (χ0n) is 13.5. The van der Waals surface area contributed by atoms with Gasteiger partial charge in [-0.25, -0.2) is 9.97 Å². The summed E-state index contributed by atoms with van der Waals surface area (Å²) >= 11 is 0. The minimum absolute atomic E-state index is 0.144. The molecule has 1 N–H and O–H groups in total. The number of amides is 2. The van der Waals surface area contributed by atoms with Crippen LogP contribution in [0.2, 0.25) is 0 Å². The van der Waals surface area contributed by atoms with E-state index in [1.807, 2.05) is 31.2 Å². The zero-order chi connectivity index (χ0) is 16.9. The molecule has 124 valence electrons. The molecule has 2 aromatic rings. The van der Waals surface area contributed by atoms with Gasteiger partial charge in [0.1, 0.15) is 5.69 Å². The van der Waals surface area contributed by atoms with Crippen molar-refractivity contribution in [1.82, 2.24) is 19.8 Å². The van der Waals surface area contributed by atoms with Gasteiger partial charge in [0.2, 0.25) is 12.4 Å². The number of nitrogens with zero attached hydrogens (tertiary/aromatic N) is 4. The monoisotopic (exact) mass is 325 g/mol. The van der Waals surface area contributed by atoms with Crippen LogP contribution in [0.1, 0.15) is 16.1 Å².